The van der Waals surface area contributed by atoms with Crippen molar-refractivity contribution >= 4 is 0 Å². The van der Waals surface area contributed by atoms with Gasteiger partial charge in [-0.3, -0.25) is 0 Å². The second-order valence-electron chi connectivity index (χ2n) is 6.00. The van der Waals surface area contributed by atoms with Crippen LogP contribution in [0.2, 0.25) is 0 Å². The lowest BCUT2D eigenvalue weighted by Gasteiger charge is -2.33. The van der Waals surface area contributed by atoms with E-state index in [0.717, 1.165) is 13.0 Å². The molecule has 3 heteroatoms. The Bertz CT molecular complexity index is 359. The minimum atomic E-state index is 0.151. The maximum absolute atomic E-state index is 9.26. The lowest BCUT2D eigenvalue weighted by Crippen LogP contribution is -2.41. The molecule has 0 amide bonds. The predicted molar refractivity (Wildman–Crippen MR) is 76.7 cm³/mol. The van der Waals surface area contributed by atoms with Gasteiger partial charge in [-0.1, -0.05) is 26.0 Å². The van der Waals surface area contributed by atoms with Gasteiger partial charge in [0.1, 0.15) is 5.75 Å². The van der Waals surface area contributed by atoms with Crippen LogP contribution < -0.4 is 5.73 Å². The Hall–Kier alpha value is -1.06. The van der Waals surface area contributed by atoms with E-state index in [1.807, 2.05) is 12.1 Å². The molecule has 0 spiro atoms. The molecule has 1 atom stereocenters. The van der Waals surface area contributed by atoms with Crippen molar-refractivity contribution in [3.8, 4) is 5.75 Å². The molecule has 0 heterocycles. The van der Waals surface area contributed by atoms with Gasteiger partial charge in [-0.25, -0.2) is 0 Å². The van der Waals surface area contributed by atoms with Crippen molar-refractivity contribution in [2.75, 3.05) is 20.1 Å². The standard InChI is InChI=1S/C15H26N2O/c1-12(17(4)11-15(2,3)10-16)9-13-5-7-14(18)8-6-13/h5-8,12,18H,9-11,16H2,1-4H3. The highest BCUT2D eigenvalue weighted by atomic mass is 16.3. The minimum absolute atomic E-state index is 0.151. The summed E-state index contributed by atoms with van der Waals surface area (Å²) < 4.78 is 0. The Morgan fingerprint density at radius 2 is 1.83 bits per heavy atom. The molecule has 3 N–H and O–H groups in total. The van der Waals surface area contributed by atoms with Crippen molar-refractivity contribution in [1.82, 2.24) is 4.90 Å². The predicted octanol–water partition coefficient (Wildman–Crippen LogP) is 2.24. The number of aromatic hydroxyl groups is 1. The lowest BCUT2D eigenvalue weighted by molar-refractivity contribution is 0.172. The van der Waals surface area contributed by atoms with Crippen LogP contribution in [0.1, 0.15) is 26.3 Å². The van der Waals surface area contributed by atoms with Crippen LogP contribution in [-0.2, 0) is 6.42 Å². The van der Waals surface area contributed by atoms with Crippen LogP contribution in [0, 0.1) is 5.41 Å². The molecule has 0 aliphatic heterocycles. The third-order valence-electron chi connectivity index (χ3n) is 3.45. The second-order valence-corrected chi connectivity index (χ2v) is 6.00. The van der Waals surface area contributed by atoms with E-state index < -0.39 is 0 Å². The Kier molecular flexibility index (Phi) is 5.17. The zero-order valence-corrected chi connectivity index (χ0v) is 12.0. The zero-order chi connectivity index (χ0) is 13.8. The first-order valence-corrected chi connectivity index (χ1v) is 6.52. The van der Waals surface area contributed by atoms with Gasteiger partial charge in [0.25, 0.3) is 0 Å². The molecular weight excluding hydrogens is 224 g/mol. The summed E-state index contributed by atoms with van der Waals surface area (Å²) in [5.74, 6) is 0.323. The van der Waals surface area contributed by atoms with Crippen molar-refractivity contribution < 1.29 is 5.11 Å². The average Bonchev–Trinajstić information content (AvgIpc) is 2.31. The number of hydrogen-bond donors (Lipinski definition) is 2. The van der Waals surface area contributed by atoms with Crippen molar-refractivity contribution in [3.05, 3.63) is 29.8 Å². The lowest BCUT2D eigenvalue weighted by atomic mass is 9.92. The van der Waals surface area contributed by atoms with Gasteiger partial charge in [0.15, 0.2) is 0 Å². The van der Waals surface area contributed by atoms with E-state index in [9.17, 15) is 5.11 Å². The van der Waals surface area contributed by atoms with Crippen molar-refractivity contribution in [3.63, 3.8) is 0 Å². The molecule has 0 saturated carbocycles. The Morgan fingerprint density at radius 1 is 1.28 bits per heavy atom. The molecule has 18 heavy (non-hydrogen) atoms. The molecule has 1 aromatic rings. The molecule has 0 fully saturated rings. The maximum Gasteiger partial charge on any atom is 0.115 e. The molecule has 102 valence electrons. The fraction of sp³-hybridized carbons (Fsp3) is 0.600. The number of rotatable bonds is 6. The first-order valence-electron chi connectivity index (χ1n) is 6.52. The minimum Gasteiger partial charge on any atom is -0.508 e. The quantitative estimate of drug-likeness (QED) is 0.814. The zero-order valence-electron chi connectivity index (χ0n) is 12.0. The van der Waals surface area contributed by atoms with Crippen LogP contribution in [0.4, 0.5) is 0 Å². The van der Waals surface area contributed by atoms with Gasteiger partial charge in [0.05, 0.1) is 0 Å². The van der Waals surface area contributed by atoms with E-state index in [4.69, 9.17) is 5.73 Å². The fourth-order valence-electron chi connectivity index (χ4n) is 2.02. The van der Waals surface area contributed by atoms with Gasteiger partial charge in [0, 0.05) is 12.6 Å². The molecule has 3 nitrogen and oxygen atoms in total. The molecule has 0 radical (unpaired) electrons. The number of likely N-dealkylation sites (N-methyl/N-ethyl adjacent to an activating group) is 1. The number of nitrogens with two attached hydrogens (primary N) is 1. The first-order chi connectivity index (χ1) is 8.34. The van der Waals surface area contributed by atoms with Crippen molar-refractivity contribution in [2.45, 2.75) is 33.2 Å². The molecule has 0 saturated heterocycles. The van der Waals surface area contributed by atoms with Crippen LogP contribution in [0.15, 0.2) is 24.3 Å². The van der Waals surface area contributed by atoms with E-state index in [1.54, 1.807) is 12.1 Å². The first kappa shape index (κ1) is 15.0. The molecule has 1 aromatic carbocycles. The Labute approximate surface area is 111 Å². The summed E-state index contributed by atoms with van der Waals surface area (Å²) in [6, 6.07) is 7.90. The molecular formula is C15H26N2O. The number of benzene rings is 1. The number of hydrogen-bond acceptors (Lipinski definition) is 3. The van der Waals surface area contributed by atoms with Gasteiger partial charge >= 0.3 is 0 Å². The van der Waals surface area contributed by atoms with E-state index in [-0.39, 0.29) is 5.41 Å². The third-order valence-corrected chi connectivity index (χ3v) is 3.45. The van der Waals surface area contributed by atoms with Gasteiger partial charge in [-0.05, 0) is 50.0 Å². The molecule has 0 aromatic heterocycles. The summed E-state index contributed by atoms with van der Waals surface area (Å²) in [5.41, 5.74) is 7.17. The second kappa shape index (κ2) is 6.21. The number of phenols is 1. The summed E-state index contributed by atoms with van der Waals surface area (Å²) >= 11 is 0. The Balaban J connectivity index is 2.54. The number of nitrogens with zero attached hydrogens (tertiary/aromatic N) is 1. The van der Waals surface area contributed by atoms with Gasteiger partial charge < -0.3 is 15.7 Å². The average molecular weight is 250 g/mol. The topological polar surface area (TPSA) is 49.5 Å². The van der Waals surface area contributed by atoms with E-state index >= 15 is 0 Å². The molecule has 0 aliphatic carbocycles. The highest BCUT2D eigenvalue weighted by Gasteiger charge is 2.20. The van der Waals surface area contributed by atoms with Crippen LogP contribution in [-0.4, -0.2) is 36.2 Å². The van der Waals surface area contributed by atoms with Crippen molar-refractivity contribution in [1.29, 1.82) is 0 Å². The summed E-state index contributed by atoms with van der Waals surface area (Å²) in [5, 5.41) is 9.26. The largest absolute Gasteiger partial charge is 0.508 e. The number of phenolic OH excluding ortho intramolecular Hbond substituents is 1. The van der Waals surface area contributed by atoms with E-state index in [0.29, 0.717) is 18.3 Å². The Morgan fingerprint density at radius 3 is 2.33 bits per heavy atom. The summed E-state index contributed by atoms with van der Waals surface area (Å²) in [7, 11) is 2.14. The van der Waals surface area contributed by atoms with Crippen molar-refractivity contribution in [2.24, 2.45) is 11.1 Å². The highest BCUT2D eigenvalue weighted by molar-refractivity contribution is 5.26. The normalized spacial score (nSPS) is 13.9. The monoisotopic (exact) mass is 250 g/mol. The van der Waals surface area contributed by atoms with Crippen LogP contribution >= 0.6 is 0 Å². The third kappa shape index (κ3) is 4.67. The van der Waals surface area contributed by atoms with E-state index in [1.165, 1.54) is 5.56 Å². The SMILES string of the molecule is CC(Cc1ccc(O)cc1)N(C)CC(C)(C)CN. The van der Waals surface area contributed by atoms with Gasteiger partial charge in [-0.2, -0.15) is 0 Å². The summed E-state index contributed by atoms with van der Waals surface area (Å²) in [6.45, 7) is 8.29. The molecule has 0 bridgehead atoms. The maximum atomic E-state index is 9.26. The molecule has 0 aliphatic rings. The van der Waals surface area contributed by atoms with Crippen LogP contribution in [0.3, 0.4) is 0 Å². The van der Waals surface area contributed by atoms with Gasteiger partial charge in [0.2, 0.25) is 0 Å². The molecule has 1 rings (SSSR count). The van der Waals surface area contributed by atoms with Gasteiger partial charge in [-0.15, -0.1) is 0 Å². The summed E-state index contributed by atoms with van der Waals surface area (Å²) in [6.07, 6.45) is 0.984. The highest BCUT2D eigenvalue weighted by Crippen LogP contribution is 2.18. The van der Waals surface area contributed by atoms with E-state index in [2.05, 4.69) is 32.7 Å². The van der Waals surface area contributed by atoms with Crippen LogP contribution in [0.5, 0.6) is 5.75 Å². The van der Waals surface area contributed by atoms with Crippen LogP contribution in [0.25, 0.3) is 0 Å². The smallest absolute Gasteiger partial charge is 0.115 e. The summed E-state index contributed by atoms with van der Waals surface area (Å²) in [4.78, 5) is 2.35. The fourth-order valence-corrected chi connectivity index (χ4v) is 2.02. The molecule has 1 unspecified atom stereocenters.